The van der Waals surface area contributed by atoms with Crippen LogP contribution in [0.25, 0.3) is 0 Å². The van der Waals surface area contributed by atoms with Crippen molar-refractivity contribution in [2.45, 2.75) is 33.4 Å². The van der Waals surface area contributed by atoms with Crippen LogP contribution in [-0.2, 0) is 11.3 Å². The number of anilines is 1. The molecule has 1 saturated heterocycles. The molecule has 2 rings (SSSR count). The fourth-order valence-electron chi connectivity index (χ4n) is 2.31. The first-order chi connectivity index (χ1) is 9.47. The van der Waals surface area contributed by atoms with Crippen LogP contribution in [0, 0.1) is 6.92 Å². The van der Waals surface area contributed by atoms with E-state index in [1.54, 1.807) is 4.90 Å². The largest absolute Gasteiger partial charge is 0.345 e. The quantitative estimate of drug-likeness (QED) is 0.897. The maximum absolute atomic E-state index is 11.8. The van der Waals surface area contributed by atoms with Crippen LogP contribution in [0.15, 0.2) is 12.3 Å². The Morgan fingerprint density at radius 1 is 1.40 bits per heavy atom. The summed E-state index contributed by atoms with van der Waals surface area (Å²) in [5.74, 6) is 1.09. The predicted octanol–water partition coefficient (Wildman–Crippen LogP) is 1.17. The number of hydrogen-bond acceptors (Lipinski definition) is 4. The average Bonchev–Trinajstić information content (AvgIpc) is 2.40. The number of carbonyl (C=O) groups excluding carboxylic acids is 1. The smallest absolute Gasteiger partial charge is 0.241 e. The summed E-state index contributed by atoms with van der Waals surface area (Å²) >= 11 is 0. The van der Waals surface area contributed by atoms with Crippen LogP contribution in [0.1, 0.15) is 25.0 Å². The maximum Gasteiger partial charge on any atom is 0.241 e. The third-order valence-electron chi connectivity index (χ3n) is 3.58. The fourth-order valence-corrected chi connectivity index (χ4v) is 2.31. The number of piperazine rings is 1. The molecule has 0 aliphatic carbocycles. The van der Waals surface area contributed by atoms with E-state index in [9.17, 15) is 4.79 Å². The van der Waals surface area contributed by atoms with Gasteiger partial charge in [-0.1, -0.05) is 13.8 Å². The van der Waals surface area contributed by atoms with Crippen molar-refractivity contribution in [1.29, 1.82) is 0 Å². The van der Waals surface area contributed by atoms with Gasteiger partial charge in [-0.25, -0.2) is 4.98 Å². The second-order valence-electron chi connectivity index (χ2n) is 5.76. The van der Waals surface area contributed by atoms with Crippen LogP contribution in [0.5, 0.6) is 0 Å². The molecule has 1 N–H and O–H groups in total. The second kappa shape index (κ2) is 6.22. The van der Waals surface area contributed by atoms with E-state index in [1.165, 1.54) is 5.56 Å². The molecule has 2 heterocycles. The molecule has 1 aliphatic heterocycles. The monoisotopic (exact) mass is 276 g/mol. The van der Waals surface area contributed by atoms with Crippen LogP contribution in [0.3, 0.4) is 0 Å². The van der Waals surface area contributed by atoms with Crippen LogP contribution in [-0.4, -0.2) is 48.5 Å². The number of rotatable bonds is 4. The van der Waals surface area contributed by atoms with E-state index in [0.29, 0.717) is 12.6 Å². The molecule has 5 nitrogen and oxygen atoms in total. The van der Waals surface area contributed by atoms with E-state index in [4.69, 9.17) is 0 Å². The lowest BCUT2D eigenvalue weighted by Gasteiger charge is -2.33. The second-order valence-corrected chi connectivity index (χ2v) is 5.76. The van der Waals surface area contributed by atoms with Gasteiger partial charge in [0.05, 0.1) is 6.54 Å². The summed E-state index contributed by atoms with van der Waals surface area (Å²) in [7, 11) is 1.85. The first kappa shape index (κ1) is 14.8. The number of hydrogen-bond donors (Lipinski definition) is 1. The van der Waals surface area contributed by atoms with Crippen LogP contribution in [0.4, 0.5) is 5.82 Å². The topological polar surface area (TPSA) is 48.5 Å². The molecule has 0 atom stereocenters. The van der Waals surface area contributed by atoms with E-state index in [0.717, 1.165) is 31.0 Å². The highest BCUT2D eigenvalue weighted by atomic mass is 16.2. The Labute approximate surface area is 121 Å². The summed E-state index contributed by atoms with van der Waals surface area (Å²) < 4.78 is 0. The van der Waals surface area contributed by atoms with Gasteiger partial charge in [0, 0.05) is 38.9 Å². The van der Waals surface area contributed by atoms with Crippen molar-refractivity contribution in [3.8, 4) is 0 Å². The van der Waals surface area contributed by atoms with E-state index in [2.05, 4.69) is 42.0 Å². The minimum absolute atomic E-state index is 0.156. The van der Waals surface area contributed by atoms with E-state index in [1.807, 2.05) is 13.2 Å². The molecule has 1 amide bonds. The summed E-state index contributed by atoms with van der Waals surface area (Å²) in [5, 5.41) is 3.39. The van der Waals surface area contributed by atoms with Gasteiger partial charge >= 0.3 is 0 Å². The molecule has 1 fully saturated rings. The number of likely N-dealkylation sites (N-methyl/N-ethyl adjacent to an activating group) is 1. The highest BCUT2D eigenvalue weighted by Gasteiger charge is 2.22. The highest BCUT2D eigenvalue weighted by molar-refractivity contribution is 5.82. The lowest BCUT2D eigenvalue weighted by atomic mass is 10.1. The molecular weight excluding hydrogens is 252 g/mol. The number of carbonyl (C=O) groups is 1. The van der Waals surface area contributed by atoms with Crippen molar-refractivity contribution >= 4 is 11.7 Å². The molecule has 0 aromatic carbocycles. The fraction of sp³-hybridized carbons (Fsp3) is 0.600. The van der Waals surface area contributed by atoms with Crippen LogP contribution < -0.4 is 10.2 Å². The molecule has 0 radical (unpaired) electrons. The zero-order chi connectivity index (χ0) is 14.7. The van der Waals surface area contributed by atoms with E-state index >= 15 is 0 Å². The zero-order valence-electron chi connectivity index (χ0n) is 12.8. The lowest BCUT2D eigenvalue weighted by molar-refractivity contribution is -0.129. The Hall–Kier alpha value is -1.62. The van der Waals surface area contributed by atoms with E-state index < -0.39 is 0 Å². The number of amides is 1. The van der Waals surface area contributed by atoms with Crippen molar-refractivity contribution in [3.63, 3.8) is 0 Å². The average molecular weight is 276 g/mol. The Morgan fingerprint density at radius 2 is 2.15 bits per heavy atom. The molecular formula is C15H24N4O. The first-order valence-electron chi connectivity index (χ1n) is 7.15. The van der Waals surface area contributed by atoms with Gasteiger partial charge in [0.1, 0.15) is 5.82 Å². The molecule has 20 heavy (non-hydrogen) atoms. The van der Waals surface area contributed by atoms with Crippen molar-refractivity contribution < 1.29 is 4.79 Å². The molecule has 0 bridgehead atoms. The number of nitrogens with zero attached hydrogens (tertiary/aromatic N) is 3. The summed E-state index contributed by atoms with van der Waals surface area (Å²) in [6, 6.07) is 2.62. The summed E-state index contributed by atoms with van der Waals surface area (Å²) in [6.07, 6.45) is 1.90. The van der Waals surface area contributed by atoms with Gasteiger partial charge in [-0.2, -0.15) is 0 Å². The van der Waals surface area contributed by atoms with Crippen LogP contribution in [0.2, 0.25) is 0 Å². The van der Waals surface area contributed by atoms with Gasteiger partial charge in [0.2, 0.25) is 5.91 Å². The number of aryl methyl sites for hydroxylation is 1. The van der Waals surface area contributed by atoms with Crippen molar-refractivity contribution in [2.24, 2.45) is 0 Å². The van der Waals surface area contributed by atoms with Crippen LogP contribution >= 0.6 is 0 Å². The molecule has 0 spiro atoms. The SMILES string of the molecule is Cc1cc(CNC(C)C)cnc1N1CCN(C)C(=O)C1. The first-order valence-corrected chi connectivity index (χ1v) is 7.15. The highest BCUT2D eigenvalue weighted by Crippen LogP contribution is 2.19. The lowest BCUT2D eigenvalue weighted by Crippen LogP contribution is -2.49. The minimum atomic E-state index is 0.156. The van der Waals surface area contributed by atoms with Gasteiger partial charge in [0.25, 0.3) is 0 Å². The van der Waals surface area contributed by atoms with Gasteiger partial charge < -0.3 is 15.1 Å². The molecule has 5 heteroatoms. The Morgan fingerprint density at radius 3 is 2.75 bits per heavy atom. The maximum atomic E-state index is 11.8. The third-order valence-corrected chi connectivity index (χ3v) is 3.58. The van der Waals surface area contributed by atoms with Gasteiger partial charge in [0.15, 0.2) is 0 Å². The van der Waals surface area contributed by atoms with Crippen molar-refractivity contribution in [1.82, 2.24) is 15.2 Å². The van der Waals surface area contributed by atoms with Gasteiger partial charge in [-0.05, 0) is 24.1 Å². The molecule has 0 unspecified atom stereocenters. The standard InChI is InChI=1S/C15H24N4O/c1-11(2)16-8-13-7-12(3)15(17-9-13)19-6-5-18(4)14(20)10-19/h7,9,11,16H,5-6,8,10H2,1-4H3. The Balaban J connectivity index is 2.08. The minimum Gasteiger partial charge on any atom is -0.345 e. The molecule has 1 aromatic rings. The van der Waals surface area contributed by atoms with E-state index in [-0.39, 0.29) is 5.91 Å². The zero-order valence-corrected chi connectivity index (χ0v) is 12.8. The molecule has 1 aromatic heterocycles. The summed E-state index contributed by atoms with van der Waals surface area (Å²) in [4.78, 5) is 20.2. The third kappa shape index (κ3) is 3.48. The summed E-state index contributed by atoms with van der Waals surface area (Å²) in [6.45, 7) is 9.18. The Bertz CT molecular complexity index is 487. The van der Waals surface area contributed by atoms with Gasteiger partial charge in [-0.3, -0.25) is 4.79 Å². The Kier molecular flexibility index (Phi) is 4.60. The predicted molar refractivity (Wildman–Crippen MR) is 80.8 cm³/mol. The number of nitrogens with one attached hydrogen (secondary N) is 1. The van der Waals surface area contributed by atoms with Gasteiger partial charge in [-0.15, -0.1) is 0 Å². The number of aromatic nitrogens is 1. The van der Waals surface area contributed by atoms with Crippen molar-refractivity contribution in [2.75, 3.05) is 31.6 Å². The van der Waals surface area contributed by atoms with Crippen molar-refractivity contribution in [3.05, 3.63) is 23.4 Å². The molecule has 0 saturated carbocycles. The molecule has 110 valence electrons. The number of pyridine rings is 1. The molecule has 1 aliphatic rings. The normalized spacial score (nSPS) is 16.1. The summed E-state index contributed by atoms with van der Waals surface area (Å²) in [5.41, 5.74) is 2.31.